The van der Waals surface area contributed by atoms with Gasteiger partial charge in [-0.05, 0) is 48.8 Å². The Kier molecular flexibility index (Phi) is 7.16. The number of hydrogen-bond acceptors (Lipinski definition) is 2. The van der Waals surface area contributed by atoms with E-state index in [0.29, 0.717) is 0 Å². The summed E-state index contributed by atoms with van der Waals surface area (Å²) in [6.07, 6.45) is 13.3. The molecule has 118 valence electrons. The van der Waals surface area contributed by atoms with E-state index >= 15 is 0 Å². The minimum Gasteiger partial charge on any atom is -0.303 e. The highest BCUT2D eigenvalue weighted by Crippen LogP contribution is 2.34. The molecule has 0 saturated heterocycles. The van der Waals surface area contributed by atoms with Crippen LogP contribution in [0.1, 0.15) is 68.9 Å². The number of carbonyl (C=O) groups is 1. The topological polar surface area (TPSA) is 40.9 Å². The molecule has 1 aromatic rings. The lowest BCUT2D eigenvalue weighted by Gasteiger charge is -2.28. The van der Waals surface area contributed by atoms with E-state index in [9.17, 15) is 4.79 Å². The van der Waals surface area contributed by atoms with Gasteiger partial charge in [-0.25, -0.2) is 0 Å². The van der Waals surface area contributed by atoms with Gasteiger partial charge in [0, 0.05) is 6.42 Å². The molecule has 0 N–H and O–H groups in total. The summed E-state index contributed by atoms with van der Waals surface area (Å²) in [4.78, 5) is 10.4. The van der Waals surface area contributed by atoms with Crippen molar-refractivity contribution in [3.05, 3.63) is 35.4 Å². The summed E-state index contributed by atoms with van der Waals surface area (Å²) in [5.41, 5.74) is 2.09. The zero-order valence-corrected chi connectivity index (χ0v) is 13.5. The largest absolute Gasteiger partial charge is 0.303 e. The molecule has 0 amide bonds. The van der Waals surface area contributed by atoms with Gasteiger partial charge < -0.3 is 4.79 Å². The van der Waals surface area contributed by atoms with Crippen molar-refractivity contribution in [1.29, 1.82) is 5.26 Å². The molecule has 2 heteroatoms. The van der Waals surface area contributed by atoms with Crippen LogP contribution >= 0.6 is 0 Å². The lowest BCUT2D eigenvalue weighted by Crippen LogP contribution is -2.14. The van der Waals surface area contributed by atoms with Crippen molar-refractivity contribution >= 4 is 6.29 Å². The minimum atomic E-state index is 0.745. The third-order valence-electron chi connectivity index (χ3n) is 5.07. The van der Waals surface area contributed by atoms with Crippen molar-refractivity contribution in [2.45, 2.75) is 64.2 Å². The fraction of sp³-hybridized carbons (Fsp3) is 0.600. The van der Waals surface area contributed by atoms with Crippen molar-refractivity contribution in [3.63, 3.8) is 0 Å². The number of aryl methyl sites for hydroxylation is 1. The van der Waals surface area contributed by atoms with Gasteiger partial charge in [-0.3, -0.25) is 0 Å². The first-order valence-electron chi connectivity index (χ1n) is 8.74. The van der Waals surface area contributed by atoms with E-state index < -0.39 is 0 Å². The summed E-state index contributed by atoms with van der Waals surface area (Å²) >= 11 is 0. The molecule has 0 radical (unpaired) electrons. The zero-order chi connectivity index (χ0) is 15.6. The summed E-state index contributed by atoms with van der Waals surface area (Å²) in [5.74, 6) is 1.72. The van der Waals surface area contributed by atoms with Crippen molar-refractivity contribution in [3.8, 4) is 6.07 Å². The Bertz CT molecular complexity index is 477. The number of nitriles is 1. The summed E-state index contributed by atoms with van der Waals surface area (Å²) in [7, 11) is 0. The molecule has 0 unspecified atom stereocenters. The Morgan fingerprint density at radius 3 is 2.23 bits per heavy atom. The second-order valence-corrected chi connectivity index (χ2v) is 6.69. The highest BCUT2D eigenvalue weighted by molar-refractivity contribution is 5.49. The Balaban J connectivity index is 1.57. The van der Waals surface area contributed by atoms with Gasteiger partial charge in [0.2, 0.25) is 0 Å². The summed E-state index contributed by atoms with van der Waals surface area (Å²) in [6.45, 7) is 0. The fourth-order valence-electron chi connectivity index (χ4n) is 3.62. The number of unbranched alkanes of at least 4 members (excludes halogenated alkanes) is 1. The highest BCUT2D eigenvalue weighted by Gasteiger charge is 2.20. The predicted octanol–water partition coefficient (Wildman–Crippen LogP) is 5.06. The van der Waals surface area contributed by atoms with Crippen molar-refractivity contribution < 1.29 is 4.79 Å². The summed E-state index contributed by atoms with van der Waals surface area (Å²) in [6, 6.07) is 10.1. The maximum absolute atomic E-state index is 10.4. The highest BCUT2D eigenvalue weighted by atomic mass is 16.1. The van der Waals surface area contributed by atoms with Gasteiger partial charge >= 0.3 is 0 Å². The molecule has 1 aromatic carbocycles. The number of carbonyl (C=O) groups excluding carboxylic acids is 1. The van der Waals surface area contributed by atoms with Crippen LogP contribution in [0.2, 0.25) is 0 Å². The first-order chi connectivity index (χ1) is 10.8. The van der Waals surface area contributed by atoms with Crippen LogP contribution in [0.4, 0.5) is 0 Å². The van der Waals surface area contributed by atoms with Gasteiger partial charge in [-0.15, -0.1) is 0 Å². The molecule has 22 heavy (non-hydrogen) atoms. The molecule has 2 nitrogen and oxygen atoms in total. The SMILES string of the molecule is N#Cc1ccc(CCCC[C@H]2CC[C@H](CCC=O)CC2)cc1. The Hall–Kier alpha value is -1.62. The first-order valence-corrected chi connectivity index (χ1v) is 8.74. The summed E-state index contributed by atoms with van der Waals surface area (Å²) < 4.78 is 0. The van der Waals surface area contributed by atoms with E-state index in [1.54, 1.807) is 0 Å². The van der Waals surface area contributed by atoms with Crippen molar-refractivity contribution in [1.82, 2.24) is 0 Å². The Labute approximate surface area is 134 Å². The standard InChI is InChI=1S/C20H27NO/c21-16-20-13-11-18(12-14-20)5-2-1-4-17-7-9-19(10-8-17)6-3-15-22/h11-15,17,19H,1-10H2/t17-,19-. The van der Waals surface area contributed by atoms with Crippen molar-refractivity contribution in [2.75, 3.05) is 0 Å². The second-order valence-electron chi connectivity index (χ2n) is 6.69. The predicted molar refractivity (Wildman–Crippen MR) is 89.5 cm³/mol. The number of rotatable bonds is 8. The van der Waals surface area contributed by atoms with E-state index in [1.165, 1.54) is 50.5 Å². The van der Waals surface area contributed by atoms with Gasteiger partial charge in [0.05, 0.1) is 11.6 Å². The molecule has 0 aromatic heterocycles. The maximum Gasteiger partial charge on any atom is 0.120 e. The lowest BCUT2D eigenvalue weighted by molar-refractivity contribution is -0.108. The maximum atomic E-state index is 10.4. The van der Waals surface area contributed by atoms with Crippen LogP contribution < -0.4 is 0 Å². The number of hydrogen-bond donors (Lipinski definition) is 0. The molecular weight excluding hydrogens is 270 g/mol. The lowest BCUT2D eigenvalue weighted by atomic mass is 9.78. The van der Waals surface area contributed by atoms with Gasteiger partial charge in [0.15, 0.2) is 0 Å². The van der Waals surface area contributed by atoms with Crippen molar-refractivity contribution in [2.24, 2.45) is 11.8 Å². The van der Waals surface area contributed by atoms with Crippen LogP contribution in [0.5, 0.6) is 0 Å². The molecule has 0 atom stereocenters. The zero-order valence-electron chi connectivity index (χ0n) is 13.5. The third-order valence-corrected chi connectivity index (χ3v) is 5.07. The van der Waals surface area contributed by atoms with Crippen LogP contribution in [0.3, 0.4) is 0 Å². The molecule has 1 saturated carbocycles. The average Bonchev–Trinajstić information content (AvgIpc) is 2.58. The second kappa shape index (κ2) is 9.41. The molecule has 1 aliphatic rings. The van der Waals surface area contributed by atoms with Crippen LogP contribution in [-0.4, -0.2) is 6.29 Å². The normalized spacial score (nSPS) is 21.2. The van der Waals surface area contributed by atoms with Gasteiger partial charge in [-0.2, -0.15) is 5.26 Å². The first kappa shape index (κ1) is 16.7. The Morgan fingerprint density at radius 1 is 1.00 bits per heavy atom. The molecule has 0 spiro atoms. The Morgan fingerprint density at radius 2 is 1.64 bits per heavy atom. The van der Waals surface area contributed by atoms with Gasteiger partial charge in [0.25, 0.3) is 0 Å². The number of aldehydes is 1. The third kappa shape index (κ3) is 5.64. The molecule has 0 aliphatic heterocycles. The van der Waals surface area contributed by atoms with Gasteiger partial charge in [-0.1, -0.05) is 50.7 Å². The van der Waals surface area contributed by atoms with Crippen LogP contribution in [0.25, 0.3) is 0 Å². The molecule has 1 aliphatic carbocycles. The number of benzene rings is 1. The van der Waals surface area contributed by atoms with E-state index in [4.69, 9.17) is 5.26 Å². The fourth-order valence-corrected chi connectivity index (χ4v) is 3.62. The van der Waals surface area contributed by atoms with E-state index in [-0.39, 0.29) is 0 Å². The summed E-state index contributed by atoms with van der Waals surface area (Å²) in [5, 5.41) is 8.79. The number of nitrogens with zero attached hydrogens (tertiary/aromatic N) is 1. The monoisotopic (exact) mass is 297 g/mol. The molecule has 2 rings (SSSR count). The van der Waals surface area contributed by atoms with Crippen LogP contribution in [0, 0.1) is 23.2 Å². The van der Waals surface area contributed by atoms with Gasteiger partial charge in [0.1, 0.15) is 6.29 Å². The minimum absolute atomic E-state index is 0.745. The smallest absolute Gasteiger partial charge is 0.120 e. The van der Waals surface area contributed by atoms with E-state index in [0.717, 1.165) is 42.9 Å². The molecule has 0 heterocycles. The van der Waals surface area contributed by atoms with Crippen LogP contribution in [-0.2, 0) is 11.2 Å². The van der Waals surface area contributed by atoms with E-state index in [1.807, 2.05) is 12.1 Å². The van der Waals surface area contributed by atoms with E-state index in [2.05, 4.69) is 18.2 Å². The molecular formula is C20H27NO. The quantitative estimate of drug-likeness (QED) is 0.497. The average molecular weight is 297 g/mol. The molecule has 1 fully saturated rings. The van der Waals surface area contributed by atoms with Crippen LogP contribution in [0.15, 0.2) is 24.3 Å². The molecule has 0 bridgehead atoms.